The van der Waals surface area contributed by atoms with Crippen molar-refractivity contribution in [1.82, 2.24) is 15.6 Å². The number of carbonyl (C=O) groups excluding carboxylic acids is 1. The van der Waals surface area contributed by atoms with Crippen LogP contribution in [0.1, 0.15) is 5.56 Å². The van der Waals surface area contributed by atoms with E-state index >= 15 is 0 Å². The number of carbonyl (C=O) groups is 1. The van der Waals surface area contributed by atoms with Crippen molar-refractivity contribution in [2.24, 2.45) is 0 Å². The number of hydrogen-bond donors (Lipinski definition) is 3. The van der Waals surface area contributed by atoms with Crippen LogP contribution in [-0.4, -0.2) is 58.8 Å². The van der Waals surface area contributed by atoms with E-state index in [4.69, 9.17) is 9.15 Å². The van der Waals surface area contributed by atoms with Crippen molar-refractivity contribution in [2.75, 3.05) is 18.8 Å². The molecule has 3 N–H and O–H groups in total. The molecule has 1 fully saturated rings. The molecule has 1 aromatic heterocycles. The predicted molar refractivity (Wildman–Crippen MR) is 100 cm³/mol. The number of aliphatic hydroxyl groups excluding tert-OH is 1. The van der Waals surface area contributed by atoms with Gasteiger partial charge in [-0.3, -0.25) is 0 Å². The maximum atomic E-state index is 12.1. The van der Waals surface area contributed by atoms with E-state index < -0.39 is 23.8 Å². The Labute approximate surface area is 169 Å². The average Bonchev–Trinajstić information content (AvgIpc) is 3.31. The smallest absolute Gasteiger partial charge is 0.441 e. The first-order valence-corrected chi connectivity index (χ1v) is 9.85. The molecule has 2 heterocycles. The molecule has 3 atom stereocenters. The number of alkyl halides is 3. The Bertz CT molecular complexity index is 787. The number of oxazole rings is 1. The second-order valence-electron chi connectivity index (χ2n) is 6.44. The third kappa shape index (κ3) is 6.38. The number of amides is 1. The van der Waals surface area contributed by atoms with Crippen LogP contribution >= 0.6 is 11.8 Å². The van der Waals surface area contributed by atoms with E-state index in [9.17, 15) is 23.1 Å². The minimum Gasteiger partial charge on any atom is -0.444 e. The van der Waals surface area contributed by atoms with Gasteiger partial charge in [0.2, 0.25) is 0 Å². The van der Waals surface area contributed by atoms with Gasteiger partial charge in [-0.25, -0.2) is 9.78 Å². The number of thioether (sulfide) groups is 1. The number of nitrogens with one attached hydrogen (secondary N) is 2. The fraction of sp³-hybridized carbons (Fsp3) is 0.444. The second kappa shape index (κ2) is 9.51. The van der Waals surface area contributed by atoms with Crippen molar-refractivity contribution >= 4 is 17.9 Å². The Balaban J connectivity index is 1.50. The van der Waals surface area contributed by atoms with Crippen LogP contribution in [0.25, 0.3) is 11.3 Å². The molecule has 1 aliphatic rings. The highest BCUT2D eigenvalue weighted by Gasteiger charge is 2.37. The number of benzene rings is 1. The highest BCUT2D eigenvalue weighted by molar-refractivity contribution is 8.00. The van der Waals surface area contributed by atoms with Crippen molar-refractivity contribution in [2.45, 2.75) is 30.2 Å². The molecule has 0 spiro atoms. The summed E-state index contributed by atoms with van der Waals surface area (Å²) in [5.41, 5.74) is -2.52. The number of hydrogen-bond acceptors (Lipinski definition) is 7. The van der Waals surface area contributed by atoms with E-state index in [0.29, 0.717) is 12.2 Å². The molecule has 1 amide bonds. The lowest BCUT2D eigenvalue weighted by Gasteiger charge is -2.22. The molecule has 0 radical (unpaired) electrons. The van der Waals surface area contributed by atoms with Crippen LogP contribution in [0.3, 0.4) is 0 Å². The molecule has 7 nitrogen and oxygen atoms in total. The summed E-state index contributed by atoms with van der Waals surface area (Å²) in [5.74, 6) is 0.331. The zero-order chi connectivity index (χ0) is 20.9. The van der Waals surface area contributed by atoms with E-state index in [1.807, 2.05) is 24.3 Å². The van der Waals surface area contributed by atoms with E-state index in [2.05, 4.69) is 15.6 Å². The molecular formula is C18H20F3N3O4S. The van der Waals surface area contributed by atoms with Crippen LogP contribution in [0.5, 0.6) is 0 Å². The Kier molecular flexibility index (Phi) is 7.04. The van der Waals surface area contributed by atoms with Gasteiger partial charge in [0.05, 0.1) is 12.2 Å². The quantitative estimate of drug-likeness (QED) is 0.580. The SMILES string of the molecule is O=C(NCCSC(F)(F)F)O[C@@H]1C(O)CN[C@@H]1Cc1ccc(-c2cnco2)cc1. The highest BCUT2D eigenvalue weighted by Crippen LogP contribution is 2.29. The van der Waals surface area contributed by atoms with Gasteiger partial charge in [0, 0.05) is 24.4 Å². The number of rotatable bonds is 7. The molecule has 1 unspecified atom stereocenters. The average molecular weight is 431 g/mol. The third-order valence-corrected chi connectivity index (χ3v) is 5.11. The molecule has 1 aliphatic heterocycles. The fourth-order valence-electron chi connectivity index (χ4n) is 3.02. The molecule has 158 valence electrons. The first kappa shape index (κ1) is 21.5. The van der Waals surface area contributed by atoms with Gasteiger partial charge in [-0.05, 0) is 23.7 Å². The van der Waals surface area contributed by atoms with Crippen LogP contribution in [0.4, 0.5) is 18.0 Å². The maximum Gasteiger partial charge on any atom is 0.441 e. The van der Waals surface area contributed by atoms with Crippen LogP contribution < -0.4 is 10.6 Å². The summed E-state index contributed by atoms with van der Waals surface area (Å²) in [6, 6.07) is 7.23. The van der Waals surface area contributed by atoms with Crippen molar-refractivity contribution in [1.29, 1.82) is 0 Å². The number of nitrogens with zero attached hydrogens (tertiary/aromatic N) is 1. The van der Waals surface area contributed by atoms with Gasteiger partial charge in [0.1, 0.15) is 12.2 Å². The summed E-state index contributed by atoms with van der Waals surface area (Å²) < 4.78 is 46.8. The van der Waals surface area contributed by atoms with E-state index in [1.54, 1.807) is 6.20 Å². The van der Waals surface area contributed by atoms with Crippen molar-refractivity contribution in [3.63, 3.8) is 0 Å². The summed E-state index contributed by atoms with van der Waals surface area (Å²) in [6.45, 7) is 0.0652. The molecule has 11 heteroatoms. The van der Waals surface area contributed by atoms with Gasteiger partial charge in [0.25, 0.3) is 0 Å². The molecule has 0 bridgehead atoms. The van der Waals surface area contributed by atoms with Gasteiger partial charge >= 0.3 is 11.6 Å². The first-order valence-electron chi connectivity index (χ1n) is 8.86. The number of alkyl carbamates (subject to hydrolysis) is 1. The van der Waals surface area contributed by atoms with E-state index in [0.717, 1.165) is 11.1 Å². The van der Waals surface area contributed by atoms with Crippen molar-refractivity contribution in [3.8, 4) is 11.3 Å². The largest absolute Gasteiger partial charge is 0.444 e. The topological polar surface area (TPSA) is 96.6 Å². The summed E-state index contributed by atoms with van der Waals surface area (Å²) in [5, 5.41) is 15.5. The summed E-state index contributed by atoms with van der Waals surface area (Å²) >= 11 is -0.221. The summed E-state index contributed by atoms with van der Waals surface area (Å²) in [4.78, 5) is 15.7. The Morgan fingerprint density at radius 2 is 2.14 bits per heavy atom. The third-order valence-electron chi connectivity index (χ3n) is 4.37. The van der Waals surface area contributed by atoms with Crippen LogP contribution in [0.2, 0.25) is 0 Å². The Morgan fingerprint density at radius 1 is 1.38 bits per heavy atom. The van der Waals surface area contributed by atoms with Crippen LogP contribution in [0, 0.1) is 0 Å². The highest BCUT2D eigenvalue weighted by atomic mass is 32.2. The second-order valence-corrected chi connectivity index (χ2v) is 7.60. The van der Waals surface area contributed by atoms with Gasteiger partial charge < -0.3 is 24.9 Å². The standard InChI is InChI=1S/C18H20F3N3O4S/c19-18(20,21)29-6-5-23-17(26)28-16-13(24-8-14(16)25)7-11-1-3-12(4-2-11)15-9-22-10-27-15/h1-4,9-10,13-14,16,24-25H,5-8H2,(H,23,26)/t13-,14?,16+/m1/s1. The number of aliphatic hydroxyl groups is 1. The van der Waals surface area contributed by atoms with Crippen LogP contribution in [-0.2, 0) is 11.2 Å². The molecular weight excluding hydrogens is 411 g/mol. The normalized spacial score (nSPS) is 21.9. The van der Waals surface area contributed by atoms with Gasteiger partial charge in [0.15, 0.2) is 12.2 Å². The van der Waals surface area contributed by atoms with Gasteiger partial charge in [-0.15, -0.1) is 0 Å². The molecule has 3 rings (SSSR count). The minimum absolute atomic E-state index is 0.187. The number of ether oxygens (including phenoxy) is 1. The number of halogens is 3. The Morgan fingerprint density at radius 3 is 2.79 bits per heavy atom. The molecule has 2 aromatic rings. The lowest BCUT2D eigenvalue weighted by Crippen LogP contribution is -2.42. The van der Waals surface area contributed by atoms with Crippen molar-refractivity contribution < 1.29 is 32.2 Å². The number of aromatic nitrogens is 1. The van der Waals surface area contributed by atoms with Crippen molar-refractivity contribution in [3.05, 3.63) is 42.4 Å². The zero-order valence-electron chi connectivity index (χ0n) is 15.2. The number of β-amino-alcohol motifs (C(OH)–C–C–N with tert-alkyl or cyclic N) is 1. The van der Waals surface area contributed by atoms with Gasteiger partial charge in [-0.2, -0.15) is 13.2 Å². The summed E-state index contributed by atoms with van der Waals surface area (Å²) in [6.07, 6.45) is 0.894. The molecule has 0 aliphatic carbocycles. The minimum atomic E-state index is -4.34. The molecule has 1 aromatic carbocycles. The predicted octanol–water partition coefficient (Wildman–Crippen LogP) is 2.56. The van der Waals surface area contributed by atoms with Crippen LogP contribution in [0.15, 0.2) is 41.3 Å². The monoisotopic (exact) mass is 431 g/mol. The molecule has 1 saturated heterocycles. The fourth-order valence-corrected chi connectivity index (χ4v) is 3.46. The lowest BCUT2D eigenvalue weighted by molar-refractivity contribution is -0.0328. The van der Waals surface area contributed by atoms with E-state index in [1.165, 1.54) is 6.39 Å². The maximum absolute atomic E-state index is 12.1. The summed E-state index contributed by atoms with van der Waals surface area (Å²) in [7, 11) is 0. The van der Waals surface area contributed by atoms with Gasteiger partial charge in [-0.1, -0.05) is 24.3 Å². The lowest BCUT2D eigenvalue weighted by atomic mass is 10.0. The first-order chi connectivity index (χ1) is 13.8. The Hall–Kier alpha value is -2.24. The zero-order valence-corrected chi connectivity index (χ0v) is 16.0. The molecule has 0 saturated carbocycles. The van der Waals surface area contributed by atoms with E-state index in [-0.39, 0.29) is 36.6 Å². The molecule has 29 heavy (non-hydrogen) atoms.